The normalized spacial score (nSPS) is 16.4. The monoisotopic (exact) mass is 335 g/mol. The summed E-state index contributed by atoms with van der Waals surface area (Å²) in [4.78, 5) is 4.69. The summed E-state index contributed by atoms with van der Waals surface area (Å²) >= 11 is 0. The van der Waals surface area contributed by atoms with Crippen molar-refractivity contribution >= 4 is 10.8 Å². The lowest BCUT2D eigenvalue weighted by Crippen LogP contribution is -2.09. The van der Waals surface area contributed by atoms with Crippen molar-refractivity contribution in [3.05, 3.63) is 83.6 Å². The third-order valence-corrected chi connectivity index (χ3v) is 5.85. The molecule has 26 heavy (non-hydrogen) atoms. The number of hydrogen-bond acceptors (Lipinski definition) is 2. The van der Waals surface area contributed by atoms with E-state index >= 15 is 0 Å². The number of fused-ring (bicyclic) bond motifs is 9. The molecule has 0 bridgehead atoms. The summed E-state index contributed by atoms with van der Waals surface area (Å²) in [5.41, 5.74) is 8.99. The maximum absolute atomic E-state index is 6.11. The predicted molar refractivity (Wildman–Crippen MR) is 104 cm³/mol. The Hall–Kier alpha value is -3.13. The SMILES string of the molecule is CC1c2cccnc2-c2ccc3c(c21)-c1c(ccc2ccccc12)OC3. The molecule has 2 heterocycles. The van der Waals surface area contributed by atoms with Gasteiger partial charge in [-0.25, -0.2) is 0 Å². The summed E-state index contributed by atoms with van der Waals surface area (Å²) in [6, 6.07) is 21.6. The summed E-state index contributed by atoms with van der Waals surface area (Å²) < 4.78 is 6.11. The van der Waals surface area contributed by atoms with Gasteiger partial charge in [0.05, 0.1) is 5.69 Å². The highest BCUT2D eigenvalue weighted by Crippen LogP contribution is 2.53. The van der Waals surface area contributed by atoms with Gasteiger partial charge in [-0.3, -0.25) is 4.98 Å². The van der Waals surface area contributed by atoms with E-state index in [1.165, 1.54) is 44.2 Å². The van der Waals surface area contributed by atoms with Crippen LogP contribution in [-0.4, -0.2) is 4.98 Å². The van der Waals surface area contributed by atoms with Gasteiger partial charge in [0.25, 0.3) is 0 Å². The van der Waals surface area contributed by atoms with Crippen LogP contribution in [0.4, 0.5) is 0 Å². The topological polar surface area (TPSA) is 22.1 Å². The summed E-state index contributed by atoms with van der Waals surface area (Å²) in [5.74, 6) is 1.33. The second-order valence-electron chi connectivity index (χ2n) is 7.17. The highest BCUT2D eigenvalue weighted by molar-refractivity contribution is 6.03. The Morgan fingerprint density at radius 1 is 0.923 bits per heavy atom. The number of ether oxygens (including phenoxy) is 1. The maximum Gasteiger partial charge on any atom is 0.128 e. The number of benzene rings is 3. The molecule has 2 heteroatoms. The molecule has 3 aromatic carbocycles. The summed E-state index contributed by atoms with van der Waals surface area (Å²) in [5, 5.41) is 2.51. The van der Waals surface area contributed by atoms with Crippen molar-refractivity contribution < 1.29 is 4.74 Å². The first-order valence-electron chi connectivity index (χ1n) is 9.09. The minimum Gasteiger partial charge on any atom is -0.488 e. The Kier molecular flexibility index (Phi) is 2.68. The van der Waals surface area contributed by atoms with Gasteiger partial charge in [0.2, 0.25) is 0 Å². The zero-order valence-corrected chi connectivity index (χ0v) is 14.5. The molecule has 0 fully saturated rings. The van der Waals surface area contributed by atoms with Crippen LogP contribution in [0.15, 0.2) is 66.9 Å². The molecular formula is C24H17NO. The van der Waals surface area contributed by atoms with E-state index in [4.69, 9.17) is 4.74 Å². The van der Waals surface area contributed by atoms with Gasteiger partial charge < -0.3 is 4.74 Å². The van der Waals surface area contributed by atoms with Crippen LogP contribution in [0.3, 0.4) is 0 Å². The molecule has 0 N–H and O–H groups in total. The van der Waals surface area contributed by atoms with Gasteiger partial charge in [0.1, 0.15) is 12.4 Å². The van der Waals surface area contributed by atoms with Crippen molar-refractivity contribution in [3.63, 3.8) is 0 Å². The molecule has 0 saturated heterocycles. The van der Waals surface area contributed by atoms with E-state index in [0.717, 1.165) is 11.4 Å². The van der Waals surface area contributed by atoms with E-state index < -0.39 is 0 Å². The first-order valence-corrected chi connectivity index (χ1v) is 9.09. The van der Waals surface area contributed by atoms with Crippen LogP contribution in [0.2, 0.25) is 0 Å². The fourth-order valence-electron chi connectivity index (χ4n) is 4.67. The standard InChI is InChI=1S/C24H17NO/c1-14-17-7-4-12-25-24(17)19-10-8-16-13-26-20-11-9-15-5-2-3-6-18(15)23(20)22(16)21(14)19/h2-12,14H,13H2,1H3. The van der Waals surface area contributed by atoms with Gasteiger partial charge in [-0.1, -0.05) is 55.5 Å². The molecule has 1 atom stereocenters. The minimum absolute atomic E-state index is 0.341. The maximum atomic E-state index is 6.11. The molecule has 0 spiro atoms. The molecule has 124 valence electrons. The van der Waals surface area contributed by atoms with Gasteiger partial charge >= 0.3 is 0 Å². The summed E-state index contributed by atoms with van der Waals surface area (Å²) in [6.07, 6.45) is 1.90. The van der Waals surface area contributed by atoms with Gasteiger partial charge in [-0.15, -0.1) is 0 Å². The Balaban J connectivity index is 1.75. The van der Waals surface area contributed by atoms with Crippen LogP contribution in [0.1, 0.15) is 29.5 Å². The van der Waals surface area contributed by atoms with E-state index in [-0.39, 0.29) is 0 Å². The average molecular weight is 335 g/mol. The van der Waals surface area contributed by atoms with Crippen molar-refractivity contribution in [1.29, 1.82) is 0 Å². The van der Waals surface area contributed by atoms with Gasteiger partial charge in [-0.05, 0) is 45.2 Å². The van der Waals surface area contributed by atoms with Crippen LogP contribution in [0.25, 0.3) is 33.2 Å². The van der Waals surface area contributed by atoms with Gasteiger partial charge in [0.15, 0.2) is 0 Å². The number of aromatic nitrogens is 1. The molecule has 2 aliphatic rings. The second-order valence-corrected chi connectivity index (χ2v) is 7.17. The molecule has 6 rings (SSSR count). The van der Waals surface area contributed by atoms with Crippen LogP contribution in [0, 0.1) is 0 Å². The van der Waals surface area contributed by atoms with Gasteiger partial charge in [-0.2, -0.15) is 0 Å². The minimum atomic E-state index is 0.341. The molecule has 1 aromatic heterocycles. The first-order chi connectivity index (χ1) is 12.8. The second kappa shape index (κ2) is 4.95. The highest BCUT2D eigenvalue weighted by atomic mass is 16.5. The van der Waals surface area contributed by atoms with Crippen LogP contribution >= 0.6 is 0 Å². The van der Waals surface area contributed by atoms with Crippen molar-refractivity contribution in [1.82, 2.24) is 4.98 Å². The molecule has 0 radical (unpaired) electrons. The zero-order valence-electron chi connectivity index (χ0n) is 14.5. The average Bonchev–Trinajstić information content (AvgIpc) is 3.00. The molecular weight excluding hydrogens is 318 g/mol. The van der Waals surface area contributed by atoms with Crippen molar-refractivity contribution in [3.8, 4) is 28.1 Å². The van der Waals surface area contributed by atoms with Crippen molar-refractivity contribution in [2.75, 3.05) is 0 Å². The highest BCUT2D eigenvalue weighted by Gasteiger charge is 2.33. The molecule has 1 unspecified atom stereocenters. The number of hydrogen-bond donors (Lipinski definition) is 0. The van der Waals surface area contributed by atoms with E-state index in [1.807, 2.05) is 12.3 Å². The molecule has 2 nitrogen and oxygen atoms in total. The number of pyridine rings is 1. The summed E-state index contributed by atoms with van der Waals surface area (Å²) in [6.45, 7) is 2.93. The third-order valence-electron chi connectivity index (χ3n) is 5.85. The smallest absolute Gasteiger partial charge is 0.128 e. The first kappa shape index (κ1) is 14.1. The fourth-order valence-corrected chi connectivity index (χ4v) is 4.67. The predicted octanol–water partition coefficient (Wildman–Crippen LogP) is 5.93. The Bertz CT molecular complexity index is 1210. The van der Waals surface area contributed by atoms with E-state index in [1.54, 1.807) is 0 Å². The Morgan fingerprint density at radius 2 is 1.85 bits per heavy atom. The zero-order chi connectivity index (χ0) is 17.3. The number of nitrogens with zero attached hydrogens (tertiary/aromatic N) is 1. The molecule has 1 aliphatic carbocycles. The van der Waals surface area contributed by atoms with E-state index in [2.05, 4.69) is 66.5 Å². The van der Waals surface area contributed by atoms with Crippen LogP contribution in [0.5, 0.6) is 5.75 Å². The van der Waals surface area contributed by atoms with Crippen LogP contribution < -0.4 is 4.74 Å². The molecule has 1 aliphatic heterocycles. The fraction of sp³-hybridized carbons (Fsp3) is 0.125. The van der Waals surface area contributed by atoms with Gasteiger partial charge in [0, 0.05) is 23.2 Å². The Morgan fingerprint density at radius 3 is 2.81 bits per heavy atom. The van der Waals surface area contributed by atoms with Crippen LogP contribution in [-0.2, 0) is 6.61 Å². The lowest BCUT2D eigenvalue weighted by Gasteiger charge is -2.26. The quantitative estimate of drug-likeness (QED) is 0.397. The van der Waals surface area contributed by atoms with E-state index in [0.29, 0.717) is 12.5 Å². The van der Waals surface area contributed by atoms with Crippen molar-refractivity contribution in [2.45, 2.75) is 19.4 Å². The molecule has 0 amide bonds. The Labute approximate surface area is 152 Å². The lowest BCUT2D eigenvalue weighted by atomic mass is 9.84. The largest absolute Gasteiger partial charge is 0.488 e. The molecule has 4 aromatic rings. The number of rotatable bonds is 0. The lowest BCUT2D eigenvalue weighted by molar-refractivity contribution is 0.302. The van der Waals surface area contributed by atoms with Crippen molar-refractivity contribution in [2.24, 2.45) is 0 Å². The molecule has 0 saturated carbocycles. The summed E-state index contributed by atoms with van der Waals surface area (Å²) in [7, 11) is 0. The van der Waals surface area contributed by atoms with E-state index in [9.17, 15) is 0 Å². The third kappa shape index (κ3) is 1.69.